The number of nitrogens with two attached hydrogens (primary N) is 2. The van der Waals surface area contributed by atoms with Crippen LogP contribution in [0.1, 0.15) is 79.1 Å². The zero-order valence-electron chi connectivity index (χ0n) is 20.1. The number of hydrogen-bond donors (Lipinski definition) is 2. The van der Waals surface area contributed by atoms with Crippen LogP contribution in [0.5, 0.6) is 0 Å². The van der Waals surface area contributed by atoms with Crippen molar-refractivity contribution < 1.29 is 9.47 Å². The monoisotopic (exact) mass is 420 g/mol. The van der Waals surface area contributed by atoms with Gasteiger partial charge in [0.05, 0.1) is 25.4 Å². The van der Waals surface area contributed by atoms with E-state index in [0.717, 1.165) is 29.6 Å². The van der Waals surface area contributed by atoms with Gasteiger partial charge in [-0.15, -0.1) is 0 Å². The van der Waals surface area contributed by atoms with Crippen molar-refractivity contribution in [3.63, 3.8) is 0 Å². The largest absolute Gasteiger partial charge is 0.377 e. The molecule has 4 rings (SSSR count). The van der Waals surface area contributed by atoms with Gasteiger partial charge < -0.3 is 20.9 Å². The van der Waals surface area contributed by atoms with Crippen molar-refractivity contribution in [2.45, 2.75) is 91.3 Å². The first-order valence-electron chi connectivity index (χ1n) is 13.0. The van der Waals surface area contributed by atoms with E-state index in [4.69, 9.17) is 20.9 Å². The number of ether oxygens (including phenoxy) is 2. The molecule has 4 aliphatic carbocycles. The molecule has 0 aromatic carbocycles. The van der Waals surface area contributed by atoms with Crippen molar-refractivity contribution in [2.75, 3.05) is 26.3 Å². The lowest BCUT2D eigenvalue weighted by molar-refractivity contribution is -0.190. The summed E-state index contributed by atoms with van der Waals surface area (Å²) in [4.78, 5) is 0. The highest BCUT2D eigenvalue weighted by Crippen LogP contribution is 2.68. The van der Waals surface area contributed by atoms with Gasteiger partial charge in [-0.1, -0.05) is 27.7 Å². The van der Waals surface area contributed by atoms with Crippen LogP contribution >= 0.6 is 0 Å². The lowest BCUT2D eigenvalue weighted by atomic mass is 9.43. The lowest BCUT2D eigenvalue weighted by Gasteiger charge is -2.63. The van der Waals surface area contributed by atoms with Crippen LogP contribution in [-0.4, -0.2) is 38.5 Å². The maximum absolute atomic E-state index is 6.58. The minimum absolute atomic E-state index is 0.389. The van der Waals surface area contributed by atoms with Crippen molar-refractivity contribution >= 4 is 0 Å². The summed E-state index contributed by atoms with van der Waals surface area (Å²) < 4.78 is 12.7. The molecule has 4 aliphatic rings. The van der Waals surface area contributed by atoms with Crippen molar-refractivity contribution in [3.8, 4) is 0 Å². The van der Waals surface area contributed by atoms with Crippen LogP contribution in [-0.2, 0) is 9.47 Å². The zero-order chi connectivity index (χ0) is 21.5. The molecule has 4 fully saturated rings. The molecule has 0 aromatic heterocycles. The van der Waals surface area contributed by atoms with Gasteiger partial charge in [-0.3, -0.25) is 0 Å². The van der Waals surface area contributed by atoms with Crippen LogP contribution < -0.4 is 11.5 Å². The Balaban J connectivity index is 1.60. The van der Waals surface area contributed by atoms with Gasteiger partial charge in [0.15, 0.2) is 0 Å². The Kier molecular flexibility index (Phi) is 6.90. The molecule has 4 saturated carbocycles. The second-order valence-corrected chi connectivity index (χ2v) is 12.0. The third-order valence-corrected chi connectivity index (χ3v) is 10.4. The van der Waals surface area contributed by atoms with E-state index in [9.17, 15) is 0 Å². The van der Waals surface area contributed by atoms with E-state index in [1.54, 1.807) is 0 Å². The number of fused-ring (bicyclic) bond motifs is 5. The van der Waals surface area contributed by atoms with E-state index < -0.39 is 0 Å². The van der Waals surface area contributed by atoms with Crippen LogP contribution in [0.25, 0.3) is 0 Å². The maximum atomic E-state index is 6.58. The van der Waals surface area contributed by atoms with Crippen molar-refractivity contribution in [1.29, 1.82) is 0 Å². The molecule has 9 atom stereocenters. The maximum Gasteiger partial charge on any atom is 0.0612 e. The molecular weight excluding hydrogens is 372 g/mol. The molecule has 0 aliphatic heterocycles. The van der Waals surface area contributed by atoms with E-state index in [1.807, 2.05) is 0 Å². The smallest absolute Gasteiger partial charge is 0.0612 e. The van der Waals surface area contributed by atoms with Gasteiger partial charge in [0, 0.05) is 13.1 Å². The molecule has 30 heavy (non-hydrogen) atoms. The van der Waals surface area contributed by atoms with E-state index in [0.29, 0.717) is 55.3 Å². The van der Waals surface area contributed by atoms with E-state index in [2.05, 4.69) is 27.7 Å². The summed E-state index contributed by atoms with van der Waals surface area (Å²) in [5.74, 6) is 4.74. The van der Waals surface area contributed by atoms with Crippen LogP contribution in [0, 0.1) is 46.3 Å². The zero-order valence-corrected chi connectivity index (χ0v) is 20.1. The van der Waals surface area contributed by atoms with Crippen LogP contribution in [0.15, 0.2) is 0 Å². The van der Waals surface area contributed by atoms with Crippen LogP contribution in [0.3, 0.4) is 0 Å². The predicted molar refractivity (Wildman–Crippen MR) is 123 cm³/mol. The van der Waals surface area contributed by atoms with Gasteiger partial charge in [0.1, 0.15) is 0 Å². The topological polar surface area (TPSA) is 70.5 Å². The molecule has 4 heteroatoms. The number of rotatable bonds is 7. The summed E-state index contributed by atoms with van der Waals surface area (Å²) in [5, 5.41) is 0. The highest BCUT2D eigenvalue weighted by atomic mass is 16.5. The Hall–Kier alpha value is -0.160. The van der Waals surface area contributed by atoms with Gasteiger partial charge in [-0.05, 0) is 97.7 Å². The Morgan fingerprint density at radius 3 is 2.20 bits per heavy atom. The summed E-state index contributed by atoms with van der Waals surface area (Å²) in [6, 6.07) is 0. The number of hydrogen-bond acceptors (Lipinski definition) is 4. The second-order valence-electron chi connectivity index (χ2n) is 12.0. The molecule has 4 N–H and O–H groups in total. The molecule has 0 spiro atoms. The van der Waals surface area contributed by atoms with Crippen molar-refractivity contribution in [1.82, 2.24) is 0 Å². The molecule has 0 aromatic rings. The van der Waals surface area contributed by atoms with Gasteiger partial charge in [-0.2, -0.15) is 0 Å². The summed E-state index contributed by atoms with van der Waals surface area (Å²) in [7, 11) is 0. The van der Waals surface area contributed by atoms with Gasteiger partial charge in [0.2, 0.25) is 0 Å². The molecule has 4 nitrogen and oxygen atoms in total. The molecular formula is C26H48N2O2. The summed E-state index contributed by atoms with van der Waals surface area (Å²) in [6.45, 7) is 12.8. The van der Waals surface area contributed by atoms with Gasteiger partial charge in [-0.25, -0.2) is 0 Å². The first-order valence-corrected chi connectivity index (χ1v) is 13.0. The van der Waals surface area contributed by atoms with Crippen LogP contribution in [0.2, 0.25) is 0 Å². The van der Waals surface area contributed by atoms with Gasteiger partial charge in [0.25, 0.3) is 0 Å². The normalized spacial score (nSPS) is 48.3. The summed E-state index contributed by atoms with van der Waals surface area (Å²) >= 11 is 0. The van der Waals surface area contributed by atoms with E-state index in [1.165, 1.54) is 51.4 Å². The molecule has 4 unspecified atom stereocenters. The Labute approximate surface area is 185 Å². The standard InChI is InChI=1S/C26H48N2O2/c1-17(2)20-5-6-21-24-22(8-10-26(20,21)4)25(3)9-7-19(29-13-11-27)15-18(25)16-23(24)30-14-12-28/h17-24H,5-16,27-28H2,1-4H3/t18?,19?,20-,21+,22+,23?,24?,25+,26-/m1/s1. The highest BCUT2D eigenvalue weighted by Gasteiger charge is 2.63. The molecule has 174 valence electrons. The fraction of sp³-hybridized carbons (Fsp3) is 1.00. The molecule has 0 bridgehead atoms. The third kappa shape index (κ3) is 3.78. The average molecular weight is 421 g/mol. The molecule has 0 saturated heterocycles. The molecule has 0 heterocycles. The third-order valence-electron chi connectivity index (χ3n) is 10.4. The first-order chi connectivity index (χ1) is 14.3. The molecule has 0 amide bonds. The first kappa shape index (κ1) is 23.0. The fourth-order valence-corrected chi connectivity index (χ4v) is 9.07. The average Bonchev–Trinajstić information content (AvgIpc) is 3.08. The molecule has 0 radical (unpaired) electrons. The quantitative estimate of drug-likeness (QED) is 0.631. The Morgan fingerprint density at radius 2 is 1.50 bits per heavy atom. The second kappa shape index (κ2) is 9.00. The minimum atomic E-state index is 0.389. The Morgan fingerprint density at radius 1 is 0.833 bits per heavy atom. The van der Waals surface area contributed by atoms with E-state index in [-0.39, 0.29) is 0 Å². The van der Waals surface area contributed by atoms with Gasteiger partial charge >= 0.3 is 0 Å². The summed E-state index contributed by atoms with van der Waals surface area (Å²) in [6.07, 6.45) is 11.3. The van der Waals surface area contributed by atoms with E-state index >= 15 is 0 Å². The minimum Gasteiger partial charge on any atom is -0.377 e. The van der Waals surface area contributed by atoms with Crippen molar-refractivity contribution in [2.24, 2.45) is 57.8 Å². The predicted octanol–water partition coefficient (Wildman–Crippen LogP) is 4.60. The summed E-state index contributed by atoms with van der Waals surface area (Å²) in [5.41, 5.74) is 12.5. The Bertz CT molecular complexity index is 583. The SMILES string of the molecule is CC(C)[C@H]1CC[C@H]2C3C(OCCN)CC4CC(OCCN)CC[C@]4(C)[C@H]3CC[C@]12C. The van der Waals surface area contributed by atoms with Crippen molar-refractivity contribution in [3.05, 3.63) is 0 Å². The highest BCUT2D eigenvalue weighted by molar-refractivity contribution is 5.12. The van der Waals surface area contributed by atoms with Crippen LogP contribution in [0.4, 0.5) is 0 Å². The lowest BCUT2D eigenvalue weighted by Crippen LogP contribution is -2.59. The fourth-order valence-electron chi connectivity index (χ4n) is 9.07.